The van der Waals surface area contributed by atoms with Crippen molar-refractivity contribution in [3.63, 3.8) is 0 Å². The Hall–Kier alpha value is -4.76. The van der Waals surface area contributed by atoms with Crippen LogP contribution in [-0.4, -0.2) is 11.7 Å². The summed E-state index contributed by atoms with van der Waals surface area (Å²) in [5.41, 5.74) is 20.1. The molecule has 0 amide bonds. The van der Waals surface area contributed by atoms with Gasteiger partial charge in [-0.1, -0.05) is 165 Å². The van der Waals surface area contributed by atoms with Crippen molar-refractivity contribution in [2.45, 2.75) is 110 Å². The van der Waals surface area contributed by atoms with Crippen LogP contribution in [0.1, 0.15) is 122 Å². The van der Waals surface area contributed by atoms with Crippen molar-refractivity contribution < 1.29 is 0 Å². The van der Waals surface area contributed by atoms with Gasteiger partial charge in [-0.2, -0.15) is 0 Å². The van der Waals surface area contributed by atoms with E-state index >= 15 is 0 Å². The molecule has 1 fully saturated rings. The zero-order chi connectivity index (χ0) is 38.2. The summed E-state index contributed by atoms with van der Waals surface area (Å²) in [6, 6.07) is 32.0. The van der Waals surface area contributed by atoms with Crippen LogP contribution < -0.4 is 5.73 Å². The van der Waals surface area contributed by atoms with E-state index in [0.29, 0.717) is 16.6 Å². The molecular weight excluding hydrogens is 643 g/mol. The van der Waals surface area contributed by atoms with Crippen LogP contribution in [0.15, 0.2) is 126 Å². The molecule has 274 valence electrons. The number of nitrogens with two attached hydrogens (primary N) is 1. The van der Waals surface area contributed by atoms with Gasteiger partial charge in [-0.05, 0) is 116 Å². The van der Waals surface area contributed by atoms with Crippen LogP contribution in [0.2, 0.25) is 0 Å². The zero-order valence-corrected chi connectivity index (χ0v) is 33.4. The number of nitrogens with zero attached hydrogens (tertiary/aromatic N) is 1. The van der Waals surface area contributed by atoms with Crippen LogP contribution in [0, 0.1) is 10.8 Å². The monoisotopic (exact) mass is 701 g/mol. The molecule has 3 N–H and O–H groups in total. The number of nitrogens with one attached hydrogen (secondary N) is 1. The van der Waals surface area contributed by atoms with Crippen LogP contribution in [0.5, 0.6) is 0 Å². The molecule has 0 heterocycles. The Morgan fingerprint density at radius 3 is 2.04 bits per heavy atom. The molecule has 6 rings (SSSR count). The molecule has 0 aromatic heterocycles. The van der Waals surface area contributed by atoms with E-state index in [1.807, 2.05) is 30.3 Å². The van der Waals surface area contributed by atoms with Gasteiger partial charge in [0.15, 0.2) is 5.84 Å². The summed E-state index contributed by atoms with van der Waals surface area (Å²) in [4.78, 5) is 4.59. The van der Waals surface area contributed by atoms with Gasteiger partial charge in [-0.3, -0.25) is 5.41 Å². The minimum Gasteiger partial charge on any atom is -0.383 e. The molecule has 1 spiro atoms. The highest BCUT2D eigenvalue weighted by atomic mass is 14.9. The quantitative estimate of drug-likeness (QED) is 0.102. The molecule has 3 heteroatoms. The second-order valence-corrected chi connectivity index (χ2v) is 17.5. The Morgan fingerprint density at radius 2 is 1.42 bits per heavy atom. The Morgan fingerprint density at radius 1 is 0.811 bits per heavy atom. The summed E-state index contributed by atoms with van der Waals surface area (Å²) in [6.07, 6.45) is 13.5. The van der Waals surface area contributed by atoms with Crippen molar-refractivity contribution in [2.24, 2.45) is 16.1 Å². The van der Waals surface area contributed by atoms with Gasteiger partial charge in [-0.25, -0.2) is 4.99 Å². The van der Waals surface area contributed by atoms with E-state index < -0.39 is 0 Å². The van der Waals surface area contributed by atoms with E-state index in [4.69, 9.17) is 11.1 Å². The predicted octanol–water partition coefficient (Wildman–Crippen LogP) is 13.1. The molecular formula is C50H59N3. The first-order valence-corrected chi connectivity index (χ1v) is 19.5. The molecule has 0 radical (unpaired) electrons. The first kappa shape index (κ1) is 38.0. The van der Waals surface area contributed by atoms with Crippen LogP contribution in [-0.2, 0) is 16.2 Å². The highest BCUT2D eigenvalue weighted by molar-refractivity contribution is 6.11. The minimum atomic E-state index is -0.0169. The normalized spacial score (nSPS) is 18.2. The van der Waals surface area contributed by atoms with Crippen LogP contribution >= 0.6 is 0 Å². The van der Waals surface area contributed by atoms with E-state index in [-0.39, 0.29) is 27.9 Å². The first-order valence-electron chi connectivity index (χ1n) is 19.5. The fourth-order valence-corrected chi connectivity index (χ4v) is 9.21. The molecule has 53 heavy (non-hydrogen) atoms. The van der Waals surface area contributed by atoms with Crippen molar-refractivity contribution in [1.82, 2.24) is 0 Å². The van der Waals surface area contributed by atoms with E-state index in [2.05, 4.69) is 140 Å². The Labute approximate surface area is 319 Å². The molecule has 1 atom stereocenters. The Balaban J connectivity index is 1.34. The van der Waals surface area contributed by atoms with Crippen molar-refractivity contribution >= 4 is 17.2 Å². The van der Waals surface area contributed by atoms with Crippen molar-refractivity contribution in [3.8, 4) is 22.3 Å². The lowest BCUT2D eigenvalue weighted by Gasteiger charge is -2.44. The van der Waals surface area contributed by atoms with Gasteiger partial charge >= 0.3 is 0 Å². The highest BCUT2D eigenvalue weighted by Gasteiger charge is 2.50. The lowest BCUT2D eigenvalue weighted by Crippen LogP contribution is -2.38. The van der Waals surface area contributed by atoms with Crippen LogP contribution in [0.25, 0.3) is 27.8 Å². The van der Waals surface area contributed by atoms with Crippen LogP contribution in [0.3, 0.4) is 0 Å². The third-order valence-corrected chi connectivity index (χ3v) is 12.9. The molecule has 4 aromatic carbocycles. The molecule has 0 bridgehead atoms. The van der Waals surface area contributed by atoms with Crippen molar-refractivity contribution in [3.05, 3.63) is 149 Å². The number of allylic oxidation sites excluding steroid dienone is 3. The summed E-state index contributed by atoms with van der Waals surface area (Å²) < 4.78 is 0. The van der Waals surface area contributed by atoms with Crippen LogP contribution in [0.4, 0.5) is 0 Å². The molecule has 2 aliphatic rings. The molecule has 0 aliphatic heterocycles. The van der Waals surface area contributed by atoms with E-state index in [0.717, 1.165) is 23.1 Å². The average Bonchev–Trinajstić information content (AvgIpc) is 3.70. The number of hydrogen-bond donors (Lipinski definition) is 2. The van der Waals surface area contributed by atoms with Gasteiger partial charge in [0, 0.05) is 11.1 Å². The molecule has 0 saturated heterocycles. The predicted molar refractivity (Wildman–Crippen MR) is 229 cm³/mol. The summed E-state index contributed by atoms with van der Waals surface area (Å²) in [7, 11) is 0. The molecule has 3 nitrogen and oxygen atoms in total. The van der Waals surface area contributed by atoms with Gasteiger partial charge in [0.2, 0.25) is 0 Å². The zero-order valence-electron chi connectivity index (χ0n) is 33.4. The Kier molecular flexibility index (Phi) is 10.4. The van der Waals surface area contributed by atoms with Gasteiger partial charge in [0.1, 0.15) is 5.84 Å². The largest absolute Gasteiger partial charge is 0.383 e. The average molecular weight is 702 g/mol. The van der Waals surface area contributed by atoms with Gasteiger partial charge in [-0.15, -0.1) is 0 Å². The summed E-state index contributed by atoms with van der Waals surface area (Å²) in [6.45, 7) is 23.2. The fourth-order valence-electron chi connectivity index (χ4n) is 9.21. The number of benzene rings is 4. The van der Waals surface area contributed by atoms with Gasteiger partial charge in [0.05, 0.1) is 0 Å². The number of aliphatic imine (C=N–C) groups is 1. The van der Waals surface area contributed by atoms with E-state index in [1.54, 1.807) is 11.6 Å². The van der Waals surface area contributed by atoms with E-state index in [9.17, 15) is 0 Å². The van der Waals surface area contributed by atoms with Gasteiger partial charge < -0.3 is 5.73 Å². The van der Waals surface area contributed by atoms with Crippen molar-refractivity contribution in [2.75, 3.05) is 0 Å². The fraction of sp³-hybridized carbons (Fsp3) is 0.360. The maximum absolute atomic E-state index is 8.92. The Bertz CT molecular complexity index is 2110. The third kappa shape index (κ3) is 7.28. The second-order valence-electron chi connectivity index (χ2n) is 17.5. The number of fused-ring (bicyclic) bond motifs is 2. The minimum absolute atomic E-state index is 0.0169. The maximum Gasteiger partial charge on any atom is 0.154 e. The molecule has 1 unspecified atom stereocenters. The van der Waals surface area contributed by atoms with Crippen molar-refractivity contribution in [1.29, 1.82) is 5.41 Å². The second kappa shape index (κ2) is 14.6. The summed E-state index contributed by atoms with van der Waals surface area (Å²) >= 11 is 0. The lowest BCUT2D eigenvalue weighted by molar-refractivity contribution is 0.195. The maximum atomic E-state index is 8.92. The number of rotatable bonds is 9. The SMILES string of the molecule is C=C/C(=C\C=C(/C)c1cc2c(cc1C(C)(CC)C(C)(C)C)C1(CCCC1)CC2(C)C)C(N)=NC(=N)c1cccc(-c2cccc(-c3ccccc3)c2)c1. The third-order valence-electron chi connectivity index (χ3n) is 12.9. The smallest absolute Gasteiger partial charge is 0.154 e. The van der Waals surface area contributed by atoms with E-state index in [1.165, 1.54) is 59.9 Å². The first-order chi connectivity index (χ1) is 25.1. The molecule has 2 aliphatic carbocycles. The highest BCUT2D eigenvalue weighted by Crippen LogP contribution is 2.59. The standard InChI is InChI=1S/C50H59N3/c1-10-35(45(51)53-46(52)40-24-18-23-39(30-40)38-22-17-21-37(29-38)36-19-13-12-14-20-36)26-25-34(3)41-31-43-44(32-42(41)49(9,11-2)47(4,5)6)50(27-15-16-28-50)33-48(43,7)8/h10,12-14,17-26,29-32H,1,11,15-16,27-28,33H2,2-9H3,(H3,51,52,53)/b34-25+,35-26+. The molecule has 1 saturated carbocycles. The number of hydrogen-bond acceptors (Lipinski definition) is 1. The lowest BCUT2D eigenvalue weighted by atomic mass is 9.60. The topological polar surface area (TPSA) is 62.2 Å². The summed E-state index contributed by atoms with van der Waals surface area (Å²) in [5, 5.41) is 8.92. The summed E-state index contributed by atoms with van der Waals surface area (Å²) in [5.74, 6) is 0.391. The molecule has 4 aromatic rings. The number of amidine groups is 2. The van der Waals surface area contributed by atoms with Gasteiger partial charge in [0.25, 0.3) is 0 Å².